The zero-order valence-corrected chi connectivity index (χ0v) is 15.9. The summed E-state index contributed by atoms with van der Waals surface area (Å²) in [5, 5.41) is 11.4. The molecule has 0 aliphatic carbocycles. The van der Waals surface area contributed by atoms with Crippen molar-refractivity contribution in [3.8, 4) is 0 Å². The van der Waals surface area contributed by atoms with Gasteiger partial charge in [-0.05, 0) is 12.1 Å². The van der Waals surface area contributed by atoms with Gasteiger partial charge in [0, 0.05) is 52.4 Å². The summed E-state index contributed by atoms with van der Waals surface area (Å²) in [7, 11) is 0. The molecule has 2 aromatic rings. The summed E-state index contributed by atoms with van der Waals surface area (Å²) in [4.78, 5) is 11.2. The number of piperazine rings is 1. The second-order valence-electron chi connectivity index (χ2n) is 6.94. The number of hydrogen-bond acceptors (Lipinski definition) is 8. The number of anilines is 3. The highest BCUT2D eigenvalue weighted by atomic mass is 19.1. The number of para-hydroxylation sites is 1. The van der Waals surface area contributed by atoms with Crippen LogP contribution >= 0.6 is 0 Å². The minimum atomic E-state index is -0.175. The van der Waals surface area contributed by atoms with Gasteiger partial charge < -0.3 is 19.9 Å². The smallest absolute Gasteiger partial charge is 0.244 e. The Morgan fingerprint density at radius 2 is 1.75 bits per heavy atom. The summed E-state index contributed by atoms with van der Waals surface area (Å²) in [6, 6.07) is 6.92. The van der Waals surface area contributed by atoms with Crippen LogP contribution in [0.4, 0.5) is 21.8 Å². The van der Waals surface area contributed by atoms with Crippen molar-refractivity contribution >= 4 is 17.5 Å². The first-order valence-corrected chi connectivity index (χ1v) is 9.78. The fourth-order valence-electron chi connectivity index (χ4n) is 3.56. The quantitative estimate of drug-likeness (QED) is 0.790. The highest BCUT2D eigenvalue weighted by molar-refractivity contribution is 5.50. The van der Waals surface area contributed by atoms with Gasteiger partial charge in [0.15, 0.2) is 5.82 Å². The molecule has 2 aliphatic heterocycles. The molecule has 0 bridgehead atoms. The Morgan fingerprint density at radius 1 is 1.00 bits per heavy atom. The lowest BCUT2D eigenvalue weighted by Gasteiger charge is -2.36. The van der Waals surface area contributed by atoms with Crippen molar-refractivity contribution in [3.63, 3.8) is 0 Å². The lowest BCUT2D eigenvalue weighted by Crippen LogP contribution is -2.47. The highest BCUT2D eigenvalue weighted by Gasteiger charge is 2.21. The summed E-state index contributed by atoms with van der Waals surface area (Å²) in [5.41, 5.74) is 0.661. The van der Waals surface area contributed by atoms with Gasteiger partial charge >= 0.3 is 0 Å². The van der Waals surface area contributed by atoms with E-state index < -0.39 is 0 Å². The van der Waals surface area contributed by atoms with Crippen molar-refractivity contribution < 1.29 is 9.13 Å². The molecule has 0 amide bonds. The van der Waals surface area contributed by atoms with Gasteiger partial charge in [-0.15, -0.1) is 5.10 Å². The van der Waals surface area contributed by atoms with Crippen LogP contribution in [0.15, 0.2) is 30.5 Å². The Balaban J connectivity index is 1.29. The van der Waals surface area contributed by atoms with Gasteiger partial charge in [-0.3, -0.25) is 4.90 Å². The number of nitrogens with one attached hydrogen (secondary N) is 1. The zero-order valence-electron chi connectivity index (χ0n) is 15.9. The molecular formula is C19H26FN7O. The van der Waals surface area contributed by atoms with Crippen molar-refractivity contribution in [1.82, 2.24) is 20.1 Å². The largest absolute Gasteiger partial charge is 0.379 e. The summed E-state index contributed by atoms with van der Waals surface area (Å²) >= 11 is 0. The van der Waals surface area contributed by atoms with Gasteiger partial charge in [-0.2, -0.15) is 10.1 Å². The molecular weight excluding hydrogens is 361 g/mol. The van der Waals surface area contributed by atoms with Crippen molar-refractivity contribution in [2.45, 2.75) is 0 Å². The first kappa shape index (κ1) is 18.8. The molecule has 0 atom stereocenters. The molecule has 2 aliphatic rings. The molecule has 28 heavy (non-hydrogen) atoms. The number of hydrogen-bond donors (Lipinski definition) is 1. The molecule has 2 saturated heterocycles. The van der Waals surface area contributed by atoms with E-state index in [1.54, 1.807) is 12.3 Å². The molecule has 3 heterocycles. The number of rotatable bonds is 6. The van der Waals surface area contributed by atoms with E-state index >= 15 is 0 Å². The van der Waals surface area contributed by atoms with Gasteiger partial charge in [0.2, 0.25) is 5.95 Å². The first-order valence-electron chi connectivity index (χ1n) is 9.78. The van der Waals surface area contributed by atoms with E-state index in [0.717, 1.165) is 71.4 Å². The van der Waals surface area contributed by atoms with Gasteiger partial charge in [-0.25, -0.2) is 4.39 Å². The SMILES string of the molecule is Fc1ccccc1N1CCN(c2cnnc(NCCN3CCOCC3)n2)CC1. The summed E-state index contributed by atoms with van der Waals surface area (Å²) < 4.78 is 19.4. The monoisotopic (exact) mass is 387 g/mol. The number of halogens is 1. The Morgan fingerprint density at radius 3 is 2.54 bits per heavy atom. The number of morpholine rings is 1. The molecule has 150 valence electrons. The third-order valence-corrected chi connectivity index (χ3v) is 5.16. The normalized spacial score (nSPS) is 18.3. The molecule has 0 saturated carbocycles. The number of nitrogens with zero attached hydrogens (tertiary/aromatic N) is 6. The van der Waals surface area contributed by atoms with Gasteiger partial charge in [0.05, 0.1) is 25.1 Å². The topological polar surface area (TPSA) is 69.7 Å². The van der Waals surface area contributed by atoms with Gasteiger partial charge in [0.1, 0.15) is 5.82 Å². The zero-order chi connectivity index (χ0) is 19.2. The average Bonchev–Trinajstić information content (AvgIpc) is 2.75. The maximum absolute atomic E-state index is 14.0. The molecule has 2 fully saturated rings. The van der Waals surface area contributed by atoms with Crippen LogP contribution in [0.1, 0.15) is 0 Å². The van der Waals surface area contributed by atoms with Crippen LogP contribution in [0.2, 0.25) is 0 Å². The summed E-state index contributed by atoms with van der Waals surface area (Å²) in [5.74, 6) is 1.17. The Labute approximate surface area is 164 Å². The molecule has 4 rings (SSSR count). The van der Waals surface area contributed by atoms with Crippen molar-refractivity contribution in [3.05, 3.63) is 36.3 Å². The predicted octanol–water partition coefficient (Wildman–Crippen LogP) is 1.08. The lowest BCUT2D eigenvalue weighted by molar-refractivity contribution is 0.0398. The molecule has 1 N–H and O–H groups in total. The fraction of sp³-hybridized carbons (Fsp3) is 0.526. The number of benzene rings is 1. The average molecular weight is 387 g/mol. The van der Waals surface area contributed by atoms with E-state index in [1.807, 2.05) is 12.1 Å². The van der Waals surface area contributed by atoms with E-state index in [0.29, 0.717) is 11.6 Å². The molecule has 0 unspecified atom stereocenters. The maximum Gasteiger partial charge on any atom is 0.244 e. The van der Waals surface area contributed by atoms with E-state index in [4.69, 9.17) is 4.74 Å². The van der Waals surface area contributed by atoms with Crippen LogP contribution in [-0.4, -0.2) is 85.7 Å². The maximum atomic E-state index is 14.0. The second-order valence-corrected chi connectivity index (χ2v) is 6.94. The molecule has 9 heteroatoms. The van der Waals surface area contributed by atoms with Crippen LogP contribution in [0, 0.1) is 5.82 Å². The minimum Gasteiger partial charge on any atom is -0.379 e. The molecule has 0 spiro atoms. The Hall–Kier alpha value is -2.52. The van der Waals surface area contributed by atoms with Crippen LogP contribution in [0.5, 0.6) is 0 Å². The minimum absolute atomic E-state index is 0.175. The van der Waals surface area contributed by atoms with Crippen molar-refractivity contribution in [2.75, 3.05) is 80.7 Å². The van der Waals surface area contributed by atoms with Gasteiger partial charge in [-0.1, -0.05) is 12.1 Å². The van der Waals surface area contributed by atoms with Crippen LogP contribution < -0.4 is 15.1 Å². The third-order valence-electron chi connectivity index (χ3n) is 5.16. The summed E-state index contributed by atoms with van der Waals surface area (Å²) in [6.45, 7) is 8.24. The number of aromatic nitrogens is 3. The van der Waals surface area contributed by atoms with Crippen LogP contribution in [0.25, 0.3) is 0 Å². The van der Waals surface area contributed by atoms with E-state index in [1.165, 1.54) is 6.07 Å². The first-order chi connectivity index (χ1) is 13.8. The number of ether oxygens (including phenoxy) is 1. The van der Waals surface area contributed by atoms with Crippen molar-refractivity contribution in [1.29, 1.82) is 0 Å². The van der Waals surface area contributed by atoms with E-state index in [-0.39, 0.29) is 5.82 Å². The summed E-state index contributed by atoms with van der Waals surface area (Å²) in [6.07, 6.45) is 1.69. The standard InChI is InChI=1S/C19H26FN7O/c20-16-3-1-2-4-17(16)26-7-9-27(10-8-26)18-15-22-24-19(23-18)21-5-6-25-11-13-28-14-12-25/h1-4,15H,5-14H2,(H,21,23,24). The Bertz CT molecular complexity index is 763. The molecule has 1 aromatic heterocycles. The van der Waals surface area contributed by atoms with Crippen molar-refractivity contribution in [2.24, 2.45) is 0 Å². The predicted molar refractivity (Wildman–Crippen MR) is 106 cm³/mol. The molecule has 1 aromatic carbocycles. The highest BCUT2D eigenvalue weighted by Crippen LogP contribution is 2.21. The van der Waals surface area contributed by atoms with E-state index in [2.05, 4.69) is 35.2 Å². The van der Waals surface area contributed by atoms with E-state index in [9.17, 15) is 4.39 Å². The second kappa shape index (κ2) is 9.11. The van der Waals surface area contributed by atoms with Gasteiger partial charge in [0.25, 0.3) is 0 Å². The lowest BCUT2D eigenvalue weighted by atomic mass is 10.2. The van der Waals surface area contributed by atoms with Crippen LogP contribution in [0.3, 0.4) is 0 Å². The Kier molecular flexibility index (Phi) is 6.13. The fourth-order valence-corrected chi connectivity index (χ4v) is 3.56. The van der Waals surface area contributed by atoms with Crippen LogP contribution in [-0.2, 0) is 4.74 Å². The third kappa shape index (κ3) is 4.66. The molecule has 8 nitrogen and oxygen atoms in total. The molecule has 0 radical (unpaired) electrons.